The molecule has 20 heavy (non-hydrogen) atoms. The summed E-state index contributed by atoms with van der Waals surface area (Å²) in [5.41, 5.74) is 1.71. The summed E-state index contributed by atoms with van der Waals surface area (Å²) in [4.78, 5) is 13.9. The van der Waals surface area contributed by atoms with Crippen molar-refractivity contribution in [2.75, 3.05) is 11.4 Å². The average Bonchev–Trinajstić information content (AvgIpc) is 2.80. The van der Waals surface area contributed by atoms with E-state index in [-0.39, 0.29) is 5.56 Å². The van der Waals surface area contributed by atoms with Crippen LogP contribution >= 0.6 is 15.9 Å². The van der Waals surface area contributed by atoms with Crippen molar-refractivity contribution >= 4 is 27.5 Å². The molecule has 2 aromatic rings. The summed E-state index contributed by atoms with van der Waals surface area (Å²) in [6.07, 6.45) is 0.726. The van der Waals surface area contributed by atoms with Crippen LogP contribution < -0.4 is 4.90 Å². The smallest absolute Gasteiger partial charge is 0.261 e. The minimum Gasteiger partial charge on any atom is -0.308 e. The number of anilines is 1. The first-order valence-electron chi connectivity index (χ1n) is 6.11. The van der Waals surface area contributed by atoms with Crippen LogP contribution in [0.2, 0.25) is 0 Å². The molecule has 0 radical (unpaired) electrons. The molecule has 0 fully saturated rings. The Morgan fingerprint density at radius 1 is 1.15 bits per heavy atom. The molecule has 102 valence electrons. The van der Waals surface area contributed by atoms with E-state index in [4.69, 9.17) is 0 Å². The molecule has 2 nitrogen and oxygen atoms in total. The third-order valence-electron chi connectivity index (χ3n) is 3.34. The van der Waals surface area contributed by atoms with Gasteiger partial charge in [0.25, 0.3) is 5.91 Å². The Hall–Kier alpha value is -1.75. The predicted molar refractivity (Wildman–Crippen MR) is 75.9 cm³/mol. The number of hydrogen-bond donors (Lipinski definition) is 0. The minimum absolute atomic E-state index is 0.109. The SMILES string of the molecule is O=C(c1ccc(F)cc1F)N1CCc2cc(Br)ccc21. The number of amides is 1. The van der Waals surface area contributed by atoms with Gasteiger partial charge in [-0.15, -0.1) is 0 Å². The van der Waals surface area contributed by atoms with Gasteiger partial charge < -0.3 is 4.90 Å². The van der Waals surface area contributed by atoms with Crippen molar-refractivity contribution in [2.24, 2.45) is 0 Å². The Balaban J connectivity index is 1.97. The number of carbonyl (C=O) groups is 1. The molecule has 2 aromatic carbocycles. The second-order valence-corrected chi connectivity index (χ2v) is 5.52. The molecule has 3 rings (SSSR count). The summed E-state index contributed by atoms with van der Waals surface area (Å²) >= 11 is 3.38. The van der Waals surface area contributed by atoms with E-state index in [1.54, 1.807) is 0 Å². The number of halogens is 3. The lowest BCUT2D eigenvalue weighted by Crippen LogP contribution is -2.29. The number of benzene rings is 2. The highest BCUT2D eigenvalue weighted by Crippen LogP contribution is 2.31. The fourth-order valence-corrected chi connectivity index (χ4v) is 2.80. The lowest BCUT2D eigenvalue weighted by molar-refractivity contribution is 0.0985. The zero-order valence-electron chi connectivity index (χ0n) is 10.4. The van der Waals surface area contributed by atoms with Gasteiger partial charge in [0.05, 0.1) is 5.56 Å². The average molecular weight is 338 g/mol. The summed E-state index contributed by atoms with van der Waals surface area (Å²) in [6, 6.07) is 8.62. The summed E-state index contributed by atoms with van der Waals surface area (Å²) in [7, 11) is 0. The molecule has 0 saturated carbocycles. The summed E-state index contributed by atoms with van der Waals surface area (Å²) < 4.78 is 27.5. The molecule has 0 bridgehead atoms. The van der Waals surface area contributed by atoms with Gasteiger partial charge in [0.2, 0.25) is 0 Å². The summed E-state index contributed by atoms with van der Waals surface area (Å²) in [5, 5.41) is 0. The Kier molecular flexibility index (Phi) is 3.30. The molecule has 0 aliphatic carbocycles. The molecule has 0 spiro atoms. The fraction of sp³-hybridized carbons (Fsp3) is 0.133. The third kappa shape index (κ3) is 2.22. The van der Waals surface area contributed by atoms with Crippen LogP contribution in [0.1, 0.15) is 15.9 Å². The molecule has 0 aromatic heterocycles. The highest BCUT2D eigenvalue weighted by molar-refractivity contribution is 9.10. The largest absolute Gasteiger partial charge is 0.308 e. The molecule has 1 heterocycles. The van der Waals surface area contributed by atoms with E-state index in [1.165, 1.54) is 11.0 Å². The molecule has 0 N–H and O–H groups in total. The standard InChI is InChI=1S/C15H10BrF2NO/c16-10-1-4-14-9(7-10)5-6-19(14)15(20)12-3-2-11(17)8-13(12)18/h1-4,7-8H,5-6H2. The van der Waals surface area contributed by atoms with E-state index in [1.807, 2.05) is 18.2 Å². The summed E-state index contributed by atoms with van der Waals surface area (Å²) in [5.74, 6) is -1.96. The first-order chi connectivity index (χ1) is 9.56. The molecule has 1 aliphatic rings. The zero-order chi connectivity index (χ0) is 14.3. The van der Waals surface area contributed by atoms with Crippen molar-refractivity contribution in [3.63, 3.8) is 0 Å². The second-order valence-electron chi connectivity index (χ2n) is 4.60. The van der Waals surface area contributed by atoms with E-state index in [9.17, 15) is 13.6 Å². The van der Waals surface area contributed by atoms with E-state index in [2.05, 4.69) is 15.9 Å². The highest BCUT2D eigenvalue weighted by Gasteiger charge is 2.27. The van der Waals surface area contributed by atoms with Gasteiger partial charge in [0, 0.05) is 22.8 Å². The topological polar surface area (TPSA) is 20.3 Å². The minimum atomic E-state index is -0.833. The van der Waals surface area contributed by atoms with Gasteiger partial charge in [-0.3, -0.25) is 4.79 Å². The number of nitrogens with zero attached hydrogens (tertiary/aromatic N) is 1. The molecular formula is C15H10BrF2NO. The Bertz CT molecular complexity index is 702. The molecule has 1 aliphatic heterocycles. The van der Waals surface area contributed by atoms with E-state index < -0.39 is 17.5 Å². The molecule has 1 amide bonds. The van der Waals surface area contributed by atoms with Crippen LogP contribution in [0, 0.1) is 11.6 Å². The van der Waals surface area contributed by atoms with Crippen molar-refractivity contribution < 1.29 is 13.6 Å². The Morgan fingerprint density at radius 2 is 1.95 bits per heavy atom. The summed E-state index contributed by atoms with van der Waals surface area (Å²) in [6.45, 7) is 0.501. The molecule has 0 atom stereocenters. The van der Waals surface area contributed by atoms with Crippen molar-refractivity contribution in [1.29, 1.82) is 0 Å². The van der Waals surface area contributed by atoms with Crippen molar-refractivity contribution in [3.8, 4) is 0 Å². The molecule has 0 saturated heterocycles. The van der Waals surface area contributed by atoms with Gasteiger partial charge in [-0.25, -0.2) is 8.78 Å². The van der Waals surface area contributed by atoms with E-state index >= 15 is 0 Å². The van der Waals surface area contributed by atoms with E-state index in [0.29, 0.717) is 6.54 Å². The maximum absolute atomic E-state index is 13.7. The van der Waals surface area contributed by atoms with Crippen molar-refractivity contribution in [3.05, 3.63) is 63.6 Å². The third-order valence-corrected chi connectivity index (χ3v) is 3.84. The maximum atomic E-state index is 13.7. The number of hydrogen-bond acceptors (Lipinski definition) is 1. The number of carbonyl (C=O) groups excluding carboxylic acids is 1. The van der Waals surface area contributed by atoms with Crippen molar-refractivity contribution in [1.82, 2.24) is 0 Å². The number of rotatable bonds is 1. The van der Waals surface area contributed by atoms with Crippen LogP contribution in [0.5, 0.6) is 0 Å². The van der Waals surface area contributed by atoms with Gasteiger partial charge in [-0.2, -0.15) is 0 Å². The van der Waals surface area contributed by atoms with Gasteiger partial charge in [0.1, 0.15) is 11.6 Å². The lowest BCUT2D eigenvalue weighted by Gasteiger charge is -2.17. The molecular weight excluding hydrogens is 328 g/mol. The lowest BCUT2D eigenvalue weighted by atomic mass is 10.1. The van der Waals surface area contributed by atoms with Crippen LogP contribution in [0.3, 0.4) is 0 Å². The van der Waals surface area contributed by atoms with Crippen LogP contribution in [0.15, 0.2) is 40.9 Å². The zero-order valence-corrected chi connectivity index (χ0v) is 12.0. The second kappa shape index (κ2) is 4.98. The Morgan fingerprint density at radius 3 is 2.70 bits per heavy atom. The van der Waals surface area contributed by atoms with Gasteiger partial charge in [-0.1, -0.05) is 15.9 Å². The monoisotopic (exact) mass is 337 g/mol. The maximum Gasteiger partial charge on any atom is 0.261 e. The number of fused-ring (bicyclic) bond motifs is 1. The first kappa shape index (κ1) is 13.2. The van der Waals surface area contributed by atoms with E-state index in [0.717, 1.165) is 34.3 Å². The van der Waals surface area contributed by atoms with Crippen LogP contribution in [-0.4, -0.2) is 12.5 Å². The Labute approximate surface area is 123 Å². The molecule has 0 unspecified atom stereocenters. The van der Waals surface area contributed by atoms with Gasteiger partial charge in [-0.05, 0) is 42.3 Å². The van der Waals surface area contributed by atoms with Gasteiger partial charge >= 0.3 is 0 Å². The van der Waals surface area contributed by atoms with Crippen LogP contribution in [-0.2, 0) is 6.42 Å². The fourth-order valence-electron chi connectivity index (χ4n) is 2.39. The molecule has 5 heteroatoms. The van der Waals surface area contributed by atoms with Gasteiger partial charge in [0.15, 0.2) is 0 Å². The van der Waals surface area contributed by atoms with Crippen LogP contribution in [0.25, 0.3) is 0 Å². The first-order valence-corrected chi connectivity index (χ1v) is 6.91. The quantitative estimate of drug-likeness (QED) is 0.772. The van der Waals surface area contributed by atoms with Crippen molar-refractivity contribution in [2.45, 2.75) is 6.42 Å². The predicted octanol–water partition coefficient (Wildman–Crippen LogP) is 3.93. The normalized spacial score (nSPS) is 13.4. The highest BCUT2D eigenvalue weighted by atomic mass is 79.9. The van der Waals surface area contributed by atoms with Crippen LogP contribution in [0.4, 0.5) is 14.5 Å².